The van der Waals surface area contributed by atoms with Gasteiger partial charge in [0.2, 0.25) is 6.01 Å². The summed E-state index contributed by atoms with van der Waals surface area (Å²) in [5, 5.41) is 0. The monoisotopic (exact) mass is 195 g/mol. The van der Waals surface area contributed by atoms with Crippen LogP contribution in [-0.2, 0) is 20.4 Å². The lowest BCUT2D eigenvalue weighted by Crippen LogP contribution is -2.28. The highest BCUT2D eigenvalue weighted by atomic mass is 32.3. The van der Waals surface area contributed by atoms with Crippen LogP contribution in [0.15, 0.2) is 0 Å². The molecule has 0 aliphatic carbocycles. The third-order valence-electron chi connectivity index (χ3n) is 0.370. The largest absolute Gasteiger partial charge is 0.385 e. The second kappa shape index (κ2) is 2.76. The zero-order chi connectivity index (χ0) is 8.41. The van der Waals surface area contributed by atoms with E-state index in [2.05, 4.69) is 0 Å². The van der Waals surface area contributed by atoms with Crippen LogP contribution in [-0.4, -0.2) is 22.8 Å². The van der Waals surface area contributed by atoms with Crippen molar-refractivity contribution in [3.05, 3.63) is 0 Å². The van der Waals surface area contributed by atoms with Crippen LogP contribution < -0.4 is 4.13 Å². The van der Waals surface area contributed by atoms with Gasteiger partial charge in [0.1, 0.15) is 0 Å². The Balaban J connectivity index is 4.49. The van der Waals surface area contributed by atoms with Crippen molar-refractivity contribution in [2.75, 3.05) is 6.01 Å². The minimum atomic E-state index is -5.37. The predicted octanol–water partition coefficient (Wildman–Crippen LogP) is -0.953. The molecule has 0 saturated carbocycles. The Morgan fingerprint density at radius 2 is 1.60 bits per heavy atom. The highest BCUT2D eigenvalue weighted by molar-refractivity contribution is 8.02. The molecular formula is CH3F2NO4S2. The summed E-state index contributed by atoms with van der Waals surface area (Å²) in [6.45, 7) is 0. The van der Waals surface area contributed by atoms with Gasteiger partial charge in [0.05, 0.1) is 0 Å². The molecule has 5 nitrogen and oxygen atoms in total. The van der Waals surface area contributed by atoms with Gasteiger partial charge >= 0.3 is 10.4 Å². The summed E-state index contributed by atoms with van der Waals surface area (Å²) in [4.78, 5) is 0. The van der Waals surface area contributed by atoms with E-state index in [1.165, 1.54) is 0 Å². The SMILES string of the molecule is O=S(=O)(F)NS(=O)(=O)CF. The van der Waals surface area contributed by atoms with E-state index in [4.69, 9.17) is 0 Å². The summed E-state index contributed by atoms with van der Waals surface area (Å²) < 4.78 is 61.8. The molecule has 0 rings (SSSR count). The number of sulfonamides is 1. The fourth-order valence-electron chi connectivity index (χ4n) is 0.174. The molecule has 0 saturated heterocycles. The van der Waals surface area contributed by atoms with Crippen molar-refractivity contribution in [2.45, 2.75) is 0 Å². The van der Waals surface area contributed by atoms with Crippen molar-refractivity contribution in [3.63, 3.8) is 0 Å². The van der Waals surface area contributed by atoms with Crippen LogP contribution in [0, 0.1) is 0 Å². The molecule has 0 aliphatic heterocycles. The van der Waals surface area contributed by atoms with Gasteiger partial charge < -0.3 is 0 Å². The van der Waals surface area contributed by atoms with Gasteiger partial charge in [0, 0.05) is 0 Å². The summed E-state index contributed by atoms with van der Waals surface area (Å²) in [6.07, 6.45) is 0. The quantitative estimate of drug-likeness (QED) is 0.588. The number of hydrogen-bond donors (Lipinski definition) is 1. The average Bonchev–Trinajstić information content (AvgIpc) is 1.60. The number of alkyl halides is 1. The number of rotatable bonds is 3. The van der Waals surface area contributed by atoms with Crippen LogP contribution in [0.5, 0.6) is 0 Å². The first-order chi connectivity index (χ1) is 4.27. The van der Waals surface area contributed by atoms with Crippen LogP contribution in [0.4, 0.5) is 8.28 Å². The predicted molar refractivity (Wildman–Crippen MR) is 28.1 cm³/mol. The maximum absolute atomic E-state index is 11.4. The standard InChI is InChI=1S/CH3F2NO4S2/c2-1-9(5,6)4-10(3,7)8/h4H,1H2. The van der Waals surface area contributed by atoms with Gasteiger partial charge in [-0.3, -0.25) is 0 Å². The molecule has 0 radical (unpaired) electrons. The summed E-state index contributed by atoms with van der Waals surface area (Å²) in [7, 11) is -10.0. The van der Waals surface area contributed by atoms with Crippen molar-refractivity contribution < 1.29 is 25.1 Å². The van der Waals surface area contributed by atoms with Crippen molar-refractivity contribution in [1.82, 2.24) is 4.13 Å². The number of halogens is 2. The van der Waals surface area contributed by atoms with E-state index in [-0.39, 0.29) is 0 Å². The molecule has 62 valence electrons. The van der Waals surface area contributed by atoms with Crippen LogP contribution in [0.3, 0.4) is 0 Å². The summed E-state index contributed by atoms with van der Waals surface area (Å²) >= 11 is 0. The third kappa shape index (κ3) is 4.58. The van der Waals surface area contributed by atoms with Crippen molar-refractivity contribution in [2.24, 2.45) is 0 Å². The van der Waals surface area contributed by atoms with E-state index in [0.29, 0.717) is 4.13 Å². The summed E-state index contributed by atoms with van der Waals surface area (Å²) in [5.41, 5.74) is 0. The molecule has 9 heteroatoms. The normalized spacial score (nSPS) is 13.4. The number of hydrogen-bond acceptors (Lipinski definition) is 4. The van der Waals surface area contributed by atoms with Crippen LogP contribution in [0.2, 0.25) is 0 Å². The Hall–Kier alpha value is -0.280. The lowest BCUT2D eigenvalue weighted by Gasteiger charge is -1.93. The van der Waals surface area contributed by atoms with Gasteiger partial charge in [-0.05, 0) is 0 Å². The molecule has 0 amide bonds. The molecule has 0 aliphatic rings. The van der Waals surface area contributed by atoms with E-state index in [1.807, 2.05) is 0 Å². The molecule has 1 N–H and O–H groups in total. The van der Waals surface area contributed by atoms with Crippen molar-refractivity contribution in [3.8, 4) is 0 Å². The van der Waals surface area contributed by atoms with E-state index in [9.17, 15) is 25.1 Å². The molecule has 10 heavy (non-hydrogen) atoms. The molecule has 0 fully saturated rings. The molecule has 0 aromatic carbocycles. The Kier molecular flexibility index (Phi) is 2.68. The summed E-state index contributed by atoms with van der Waals surface area (Å²) in [5.74, 6) is 0. The zero-order valence-corrected chi connectivity index (χ0v) is 6.05. The van der Waals surface area contributed by atoms with E-state index >= 15 is 0 Å². The van der Waals surface area contributed by atoms with Crippen LogP contribution in [0.25, 0.3) is 0 Å². The van der Waals surface area contributed by atoms with Gasteiger partial charge in [-0.15, -0.1) is 0 Å². The minimum absolute atomic E-state index is 0.448. The second-order valence-electron chi connectivity index (χ2n) is 1.25. The Morgan fingerprint density at radius 1 is 1.20 bits per heavy atom. The van der Waals surface area contributed by atoms with E-state index in [0.717, 1.165) is 0 Å². The lowest BCUT2D eigenvalue weighted by atomic mass is 11.8. The first kappa shape index (κ1) is 9.72. The highest BCUT2D eigenvalue weighted by Gasteiger charge is 2.18. The Bertz CT molecular complexity index is 289. The molecule has 0 aromatic heterocycles. The molecule has 0 aromatic rings. The molecule has 0 unspecified atom stereocenters. The fraction of sp³-hybridized carbons (Fsp3) is 1.00. The van der Waals surface area contributed by atoms with Crippen molar-refractivity contribution >= 4 is 20.4 Å². The first-order valence-electron chi connectivity index (χ1n) is 1.79. The smallest absolute Gasteiger partial charge is 0.232 e. The molecule has 0 spiro atoms. The Labute approximate surface area is 56.4 Å². The van der Waals surface area contributed by atoms with Crippen molar-refractivity contribution in [1.29, 1.82) is 0 Å². The molecule has 0 atom stereocenters. The average molecular weight is 195 g/mol. The van der Waals surface area contributed by atoms with Crippen LogP contribution >= 0.6 is 0 Å². The minimum Gasteiger partial charge on any atom is -0.232 e. The molecular weight excluding hydrogens is 192 g/mol. The third-order valence-corrected chi connectivity index (χ3v) is 2.47. The van der Waals surface area contributed by atoms with Gasteiger partial charge in [-0.25, -0.2) is 12.8 Å². The highest BCUT2D eigenvalue weighted by Crippen LogP contribution is 1.91. The summed E-state index contributed by atoms with van der Waals surface area (Å²) in [6, 6.07) is -1.98. The van der Waals surface area contributed by atoms with E-state index in [1.54, 1.807) is 0 Å². The maximum Gasteiger partial charge on any atom is 0.385 e. The second-order valence-corrected chi connectivity index (χ2v) is 4.24. The van der Waals surface area contributed by atoms with Gasteiger partial charge in [-0.2, -0.15) is 8.42 Å². The number of nitrogens with one attached hydrogen (secondary N) is 1. The van der Waals surface area contributed by atoms with Crippen LogP contribution in [0.1, 0.15) is 0 Å². The molecule has 0 bridgehead atoms. The lowest BCUT2D eigenvalue weighted by molar-refractivity contribution is 0.520. The topological polar surface area (TPSA) is 80.3 Å². The zero-order valence-electron chi connectivity index (χ0n) is 4.41. The Morgan fingerprint density at radius 3 is 1.70 bits per heavy atom. The maximum atomic E-state index is 11.4. The van der Waals surface area contributed by atoms with E-state index < -0.39 is 26.4 Å². The fourth-order valence-corrected chi connectivity index (χ4v) is 1.57. The van der Waals surface area contributed by atoms with Gasteiger partial charge in [0.15, 0.2) is 0 Å². The van der Waals surface area contributed by atoms with Gasteiger partial charge in [-0.1, -0.05) is 8.01 Å². The van der Waals surface area contributed by atoms with Gasteiger partial charge in [0.25, 0.3) is 10.0 Å². The first-order valence-corrected chi connectivity index (χ1v) is 4.82. The molecule has 0 heterocycles.